The van der Waals surface area contributed by atoms with Crippen molar-refractivity contribution in [3.05, 3.63) is 232 Å². The lowest BCUT2D eigenvalue weighted by molar-refractivity contribution is -0.140. The molecule has 0 bridgehead atoms. The van der Waals surface area contributed by atoms with E-state index in [1.165, 1.54) is 11.1 Å². The Labute approximate surface area is 641 Å². The zero-order valence-electron chi connectivity index (χ0n) is 66.3. The molecule has 0 aliphatic heterocycles. The number of rotatable bonds is 35. The van der Waals surface area contributed by atoms with Gasteiger partial charge in [0, 0.05) is 6.07 Å². The second-order valence-electron chi connectivity index (χ2n) is 30.0. The van der Waals surface area contributed by atoms with Crippen LogP contribution in [0.15, 0.2) is 170 Å². The lowest BCUT2D eigenvalue weighted by atomic mass is 9.83. The van der Waals surface area contributed by atoms with Gasteiger partial charge in [0.15, 0.2) is 0 Å². The summed E-state index contributed by atoms with van der Waals surface area (Å²) in [5.41, 5.74) is 10.8. The van der Waals surface area contributed by atoms with E-state index in [0.29, 0.717) is 74.3 Å². The van der Waals surface area contributed by atoms with Crippen molar-refractivity contribution in [2.24, 2.45) is 35.5 Å². The average molecular weight is 1450 g/mol. The first-order valence-electron chi connectivity index (χ1n) is 39.6. The van der Waals surface area contributed by atoms with Crippen molar-refractivity contribution in [2.75, 3.05) is 0 Å². The zero-order valence-corrected chi connectivity index (χ0v) is 66.3. The van der Waals surface area contributed by atoms with Crippen LogP contribution in [-0.2, 0) is 28.9 Å². The number of aryl methyl sites for hydroxylation is 3. The molecule has 2 fully saturated rings. The molecule has 6 aromatic carbocycles. The van der Waals surface area contributed by atoms with Gasteiger partial charge in [-0.15, -0.1) is 0 Å². The van der Waals surface area contributed by atoms with Crippen molar-refractivity contribution in [1.82, 2.24) is 0 Å². The maximum absolute atomic E-state index is 13.3. The maximum Gasteiger partial charge on any atom is 0.343 e. The molecule has 572 valence electrons. The minimum Gasteiger partial charge on any atom is -0.507 e. The summed E-state index contributed by atoms with van der Waals surface area (Å²) in [6.07, 6.45) is 41.8. The van der Waals surface area contributed by atoms with Crippen molar-refractivity contribution in [1.29, 1.82) is 0 Å². The lowest BCUT2D eigenvalue weighted by Gasteiger charge is -2.25. The van der Waals surface area contributed by atoms with Crippen LogP contribution >= 0.6 is 0 Å². The minimum atomic E-state index is -0.482. The molecule has 2 aliphatic rings. The molecule has 107 heavy (non-hydrogen) atoms. The minimum absolute atomic E-state index is 0.0184. The van der Waals surface area contributed by atoms with Crippen molar-refractivity contribution < 1.29 is 52.8 Å². The maximum atomic E-state index is 13.3. The fraction of sp³-hybridized carbons (Fsp3) is 0.427. The topological polar surface area (TPSA) is 152 Å². The predicted octanol–water partition coefficient (Wildman–Crippen LogP) is 25.8. The number of hydrogen-bond acceptors (Lipinski definition) is 11. The summed E-state index contributed by atoms with van der Waals surface area (Å²) in [5, 5.41) is 10.8. The number of esters is 5. The molecule has 2 saturated carbocycles. The number of ether oxygens (including phenoxy) is 5. The third kappa shape index (κ3) is 30.8. The fourth-order valence-electron chi connectivity index (χ4n) is 12.9. The molecule has 0 saturated heterocycles. The molecule has 0 spiro atoms. The van der Waals surface area contributed by atoms with Gasteiger partial charge in [-0.1, -0.05) is 209 Å². The standard InChI is InChI=1S/C39H44O4.C30H38O3.C27H40O4/c1-7-10-11-15-32-26-36(42-38(40)33-21-17-30(8-2)18-22-33)35(25-16-29(6)14-12-13-28(4)5)37(27-32)43-39(41)34-23-19-31(9-3)20-24-34;1-6-8-9-13-25-20-28(31)27(19-14-23(5)12-10-11-22(3)4)29(21-25)33-30(32)26-17-15-24(7-2)16-18-26;1-4-5-6-7-21-16-24(30-26(28)22-12-8-19(2)9-13-22)18-25(17-21)31-27(29)23-14-10-20(3)11-15-23/h8-9,13,16-27,29H,2-3,7,10-12,14-15H2,1,4-6H3;7,11,14-21,23,31H,2,6,8-10,12-13H2,1,3-5H3;16-20,22-23H,4-15H2,1-3H3/b25-16+;19-14+;. The first kappa shape index (κ1) is 86.6. The Kier molecular flexibility index (Phi) is 37.8. The van der Waals surface area contributed by atoms with Gasteiger partial charge in [-0.3, -0.25) is 9.59 Å². The highest BCUT2D eigenvalue weighted by atomic mass is 16.6. The largest absolute Gasteiger partial charge is 0.507 e. The number of carbonyl (C=O) groups is 5. The average Bonchev–Trinajstić information content (AvgIpc) is 0.814. The van der Waals surface area contributed by atoms with Gasteiger partial charge in [0.05, 0.1) is 39.7 Å². The van der Waals surface area contributed by atoms with Crippen molar-refractivity contribution in [3.63, 3.8) is 0 Å². The van der Waals surface area contributed by atoms with Crippen LogP contribution in [0.25, 0.3) is 30.4 Å². The Hall–Kier alpha value is -9.35. The van der Waals surface area contributed by atoms with Crippen LogP contribution in [0.5, 0.6) is 34.5 Å². The van der Waals surface area contributed by atoms with Crippen LogP contribution < -0.4 is 23.7 Å². The number of carbonyl (C=O) groups excluding carboxylic acids is 5. The Bertz CT molecular complexity index is 3810. The normalized spacial score (nSPS) is 15.9. The summed E-state index contributed by atoms with van der Waals surface area (Å²) in [6.45, 7) is 35.0. The fourth-order valence-corrected chi connectivity index (χ4v) is 12.9. The molecule has 11 heteroatoms. The Morgan fingerprint density at radius 1 is 0.430 bits per heavy atom. The van der Waals surface area contributed by atoms with Crippen molar-refractivity contribution in [2.45, 2.75) is 230 Å². The summed E-state index contributed by atoms with van der Waals surface area (Å²) in [5.74, 6) is 2.54. The molecule has 2 aliphatic carbocycles. The molecule has 6 aromatic rings. The van der Waals surface area contributed by atoms with E-state index in [-0.39, 0.29) is 35.4 Å². The van der Waals surface area contributed by atoms with E-state index in [0.717, 1.165) is 187 Å². The van der Waals surface area contributed by atoms with E-state index in [4.69, 9.17) is 23.7 Å². The third-order valence-corrected chi connectivity index (χ3v) is 19.9. The van der Waals surface area contributed by atoms with E-state index >= 15 is 0 Å². The van der Waals surface area contributed by atoms with E-state index in [1.54, 1.807) is 66.8 Å². The summed E-state index contributed by atoms with van der Waals surface area (Å²) >= 11 is 0. The van der Waals surface area contributed by atoms with Gasteiger partial charge in [0.2, 0.25) is 0 Å². The molecule has 2 atom stereocenters. The van der Waals surface area contributed by atoms with E-state index < -0.39 is 17.9 Å². The Morgan fingerprint density at radius 3 is 1.07 bits per heavy atom. The first-order valence-corrected chi connectivity index (χ1v) is 39.6. The summed E-state index contributed by atoms with van der Waals surface area (Å²) in [6, 6.07) is 34.4. The van der Waals surface area contributed by atoms with Gasteiger partial charge >= 0.3 is 29.8 Å². The van der Waals surface area contributed by atoms with Crippen molar-refractivity contribution in [3.8, 4) is 34.5 Å². The van der Waals surface area contributed by atoms with E-state index in [1.807, 2.05) is 78.9 Å². The highest BCUT2D eigenvalue weighted by molar-refractivity contribution is 5.94. The Morgan fingerprint density at radius 2 is 0.748 bits per heavy atom. The summed E-state index contributed by atoms with van der Waals surface area (Å²) < 4.78 is 29.4. The predicted molar refractivity (Wildman–Crippen MR) is 442 cm³/mol. The lowest BCUT2D eigenvalue weighted by Crippen LogP contribution is -2.25. The van der Waals surface area contributed by atoms with Crippen molar-refractivity contribution >= 4 is 60.2 Å². The van der Waals surface area contributed by atoms with Gasteiger partial charge in [0.1, 0.15) is 34.5 Å². The number of phenolic OH excluding ortho intramolecular Hbond substituents is 1. The molecule has 2 unspecified atom stereocenters. The first-order chi connectivity index (χ1) is 51.5. The van der Waals surface area contributed by atoms with Crippen LogP contribution in [0, 0.1) is 35.5 Å². The molecule has 0 radical (unpaired) electrons. The highest BCUT2D eigenvalue weighted by Crippen LogP contribution is 2.38. The number of phenols is 1. The van der Waals surface area contributed by atoms with E-state index in [2.05, 4.69) is 120 Å². The summed E-state index contributed by atoms with van der Waals surface area (Å²) in [4.78, 5) is 64.9. The number of aromatic hydroxyl groups is 1. The van der Waals surface area contributed by atoms with Gasteiger partial charge in [-0.2, -0.15) is 0 Å². The quantitative estimate of drug-likeness (QED) is 0.0175. The van der Waals surface area contributed by atoms with Crippen LogP contribution in [0.1, 0.15) is 287 Å². The zero-order chi connectivity index (χ0) is 77.6. The molecular weight excluding hydrogens is 1330 g/mol. The number of benzene rings is 6. The van der Waals surface area contributed by atoms with Gasteiger partial charge in [0.25, 0.3) is 0 Å². The number of allylic oxidation sites excluding steroid dienone is 6. The van der Waals surface area contributed by atoms with Crippen LogP contribution in [0.2, 0.25) is 0 Å². The third-order valence-electron chi connectivity index (χ3n) is 19.9. The van der Waals surface area contributed by atoms with Gasteiger partial charge in [-0.05, 0) is 273 Å². The molecule has 0 amide bonds. The second kappa shape index (κ2) is 46.7. The Balaban J connectivity index is 0.000000255. The molecular formula is C96H122O11. The van der Waals surface area contributed by atoms with Gasteiger partial charge < -0.3 is 28.8 Å². The molecule has 8 rings (SSSR count). The highest BCUT2D eigenvalue weighted by Gasteiger charge is 2.29. The van der Waals surface area contributed by atoms with Crippen LogP contribution in [0.3, 0.4) is 0 Å². The molecule has 1 N–H and O–H groups in total. The van der Waals surface area contributed by atoms with Crippen LogP contribution in [0.4, 0.5) is 0 Å². The second-order valence-corrected chi connectivity index (χ2v) is 30.0. The number of unbranched alkanes of at least 4 members (excludes halogenated alkanes) is 6. The molecule has 0 aromatic heterocycles. The number of hydrogen-bond donors (Lipinski definition) is 1. The molecule has 11 nitrogen and oxygen atoms in total. The smallest absolute Gasteiger partial charge is 0.343 e. The monoisotopic (exact) mass is 1450 g/mol. The SMILES string of the molecule is C=Cc1ccc(C(=O)Oc2cc(CCCCC)cc(O)c2/C=C/C(C)CCC=C(C)C)cc1.C=Cc1ccc(C(=O)Oc2cc(CCCCC)cc(OC(=O)c3ccc(C=C)cc3)c2/C=C/C(C)CCC=C(C)C)cc1.CCCCCc1cc(OC(=O)C2CCC(C)CC2)cc(OC(=O)C2CCC(C)CC2)c1. The van der Waals surface area contributed by atoms with Crippen LogP contribution in [-0.4, -0.2) is 35.0 Å². The molecule has 0 heterocycles. The van der Waals surface area contributed by atoms with Gasteiger partial charge in [-0.25, -0.2) is 14.4 Å². The van der Waals surface area contributed by atoms with E-state index in [9.17, 15) is 29.1 Å². The summed E-state index contributed by atoms with van der Waals surface area (Å²) in [7, 11) is 0.